The zero-order chi connectivity index (χ0) is 14.5. The van der Waals surface area contributed by atoms with Crippen molar-refractivity contribution in [1.82, 2.24) is 10.2 Å². The second-order valence-electron chi connectivity index (χ2n) is 4.31. The lowest BCUT2D eigenvalue weighted by atomic mass is 10.2. The molecule has 0 radical (unpaired) electrons. The minimum atomic E-state index is -0.377. The third-order valence-corrected chi connectivity index (χ3v) is 3.22. The molecular weight excluding hydrogens is 279 g/mol. The SMILES string of the molecule is COCCCN1C(=O)/C(=C\c2ccccc2F)NC1=S. The Balaban J connectivity index is 2.13. The Hall–Kier alpha value is -1.79. The number of thiocarbonyl (C=S) groups is 1. The van der Waals surface area contributed by atoms with E-state index >= 15 is 0 Å². The van der Waals surface area contributed by atoms with Gasteiger partial charge in [-0.1, -0.05) is 18.2 Å². The largest absolute Gasteiger partial charge is 0.385 e. The first-order chi connectivity index (χ1) is 9.63. The van der Waals surface area contributed by atoms with Crippen LogP contribution in [-0.4, -0.2) is 36.2 Å². The molecule has 4 nitrogen and oxygen atoms in total. The summed E-state index contributed by atoms with van der Waals surface area (Å²) in [5, 5.41) is 3.16. The van der Waals surface area contributed by atoms with Gasteiger partial charge in [0, 0.05) is 25.8 Å². The Morgan fingerprint density at radius 1 is 1.45 bits per heavy atom. The summed E-state index contributed by atoms with van der Waals surface area (Å²) in [6.07, 6.45) is 2.16. The minimum absolute atomic E-state index is 0.241. The maximum Gasteiger partial charge on any atom is 0.276 e. The third kappa shape index (κ3) is 3.20. The molecule has 1 aromatic carbocycles. The molecule has 1 amide bonds. The van der Waals surface area contributed by atoms with Crippen molar-refractivity contribution in [3.05, 3.63) is 41.3 Å². The number of amides is 1. The van der Waals surface area contributed by atoms with Crippen molar-refractivity contribution in [2.45, 2.75) is 6.42 Å². The summed E-state index contributed by atoms with van der Waals surface area (Å²) in [6, 6.07) is 6.26. The lowest BCUT2D eigenvalue weighted by molar-refractivity contribution is -0.122. The summed E-state index contributed by atoms with van der Waals surface area (Å²) in [5.74, 6) is -0.618. The van der Waals surface area contributed by atoms with Crippen LogP contribution in [-0.2, 0) is 9.53 Å². The average Bonchev–Trinajstić information content (AvgIpc) is 2.69. The number of benzene rings is 1. The van der Waals surface area contributed by atoms with Crippen LogP contribution in [0.4, 0.5) is 4.39 Å². The number of rotatable bonds is 5. The van der Waals surface area contributed by atoms with E-state index < -0.39 is 0 Å². The first-order valence-corrected chi connectivity index (χ1v) is 6.62. The fourth-order valence-corrected chi connectivity index (χ4v) is 2.17. The Morgan fingerprint density at radius 3 is 2.90 bits per heavy atom. The Bertz CT molecular complexity index is 560. The summed E-state index contributed by atoms with van der Waals surface area (Å²) in [6.45, 7) is 1.03. The van der Waals surface area contributed by atoms with E-state index in [-0.39, 0.29) is 17.4 Å². The van der Waals surface area contributed by atoms with Crippen LogP contribution < -0.4 is 5.32 Å². The summed E-state index contributed by atoms with van der Waals surface area (Å²) in [5.41, 5.74) is 0.641. The van der Waals surface area contributed by atoms with Crippen molar-refractivity contribution in [3.8, 4) is 0 Å². The highest BCUT2D eigenvalue weighted by atomic mass is 32.1. The Labute approximate surface area is 122 Å². The molecule has 1 aliphatic rings. The van der Waals surface area contributed by atoms with Gasteiger partial charge in [-0.2, -0.15) is 0 Å². The maximum atomic E-state index is 13.6. The molecule has 1 heterocycles. The number of carbonyl (C=O) groups excluding carboxylic acids is 1. The molecule has 1 aromatic rings. The smallest absolute Gasteiger partial charge is 0.276 e. The van der Waals surface area contributed by atoms with Gasteiger partial charge in [0.05, 0.1) is 0 Å². The number of carbonyl (C=O) groups is 1. The molecule has 2 rings (SSSR count). The van der Waals surface area contributed by atoms with Crippen LogP contribution in [0.15, 0.2) is 30.0 Å². The van der Waals surface area contributed by atoms with Gasteiger partial charge in [-0.25, -0.2) is 4.39 Å². The van der Waals surface area contributed by atoms with Crippen molar-refractivity contribution >= 4 is 29.3 Å². The third-order valence-electron chi connectivity index (χ3n) is 2.90. The standard InChI is InChI=1S/C14H15FN2O2S/c1-19-8-4-7-17-13(18)12(16-14(17)20)9-10-5-2-3-6-11(10)15/h2-3,5-6,9H,4,7-8H2,1H3,(H,16,20)/b12-9+. The van der Waals surface area contributed by atoms with Gasteiger partial charge in [-0.15, -0.1) is 0 Å². The lowest BCUT2D eigenvalue weighted by Gasteiger charge is -2.12. The average molecular weight is 294 g/mol. The number of nitrogens with one attached hydrogen (secondary N) is 1. The molecular formula is C14H15FN2O2S. The van der Waals surface area contributed by atoms with Crippen LogP contribution in [0.2, 0.25) is 0 Å². The molecule has 0 spiro atoms. The normalized spacial score (nSPS) is 16.9. The second-order valence-corrected chi connectivity index (χ2v) is 4.70. The van der Waals surface area contributed by atoms with Crippen LogP contribution in [0.3, 0.4) is 0 Å². The zero-order valence-corrected chi connectivity index (χ0v) is 11.9. The maximum absolute atomic E-state index is 13.6. The van der Waals surface area contributed by atoms with E-state index in [1.165, 1.54) is 17.0 Å². The molecule has 0 bridgehead atoms. The van der Waals surface area contributed by atoms with Gasteiger partial charge >= 0.3 is 0 Å². The molecule has 20 heavy (non-hydrogen) atoms. The van der Waals surface area contributed by atoms with Gasteiger partial charge in [0.1, 0.15) is 11.5 Å². The summed E-state index contributed by atoms with van der Waals surface area (Å²) in [4.78, 5) is 13.6. The van der Waals surface area contributed by atoms with Crippen LogP contribution in [0.1, 0.15) is 12.0 Å². The first kappa shape index (κ1) is 14.6. The molecule has 1 N–H and O–H groups in total. The first-order valence-electron chi connectivity index (χ1n) is 6.21. The summed E-state index contributed by atoms with van der Waals surface area (Å²) >= 11 is 5.11. The zero-order valence-electron chi connectivity index (χ0n) is 11.1. The number of hydrogen-bond acceptors (Lipinski definition) is 3. The highest BCUT2D eigenvalue weighted by Crippen LogP contribution is 2.16. The molecule has 1 saturated heterocycles. The van der Waals surface area contributed by atoms with E-state index in [1.54, 1.807) is 25.3 Å². The van der Waals surface area contributed by atoms with Crippen molar-refractivity contribution in [2.24, 2.45) is 0 Å². The van der Waals surface area contributed by atoms with E-state index in [9.17, 15) is 9.18 Å². The molecule has 1 fully saturated rings. The fraction of sp³-hybridized carbons (Fsp3) is 0.286. The topological polar surface area (TPSA) is 41.6 Å². The van der Waals surface area contributed by atoms with E-state index in [0.29, 0.717) is 30.2 Å². The van der Waals surface area contributed by atoms with Gasteiger partial charge in [-0.3, -0.25) is 9.69 Å². The number of ether oxygens (including phenoxy) is 1. The summed E-state index contributed by atoms with van der Waals surface area (Å²) in [7, 11) is 1.60. The van der Waals surface area contributed by atoms with E-state index in [2.05, 4.69) is 5.32 Å². The fourth-order valence-electron chi connectivity index (χ4n) is 1.89. The van der Waals surface area contributed by atoms with Crippen molar-refractivity contribution in [1.29, 1.82) is 0 Å². The quantitative estimate of drug-likeness (QED) is 0.512. The minimum Gasteiger partial charge on any atom is -0.385 e. The van der Waals surface area contributed by atoms with E-state index in [4.69, 9.17) is 17.0 Å². The van der Waals surface area contributed by atoms with Gasteiger partial charge in [0.15, 0.2) is 5.11 Å². The number of nitrogens with zero attached hydrogens (tertiary/aromatic N) is 1. The van der Waals surface area contributed by atoms with E-state index in [1.807, 2.05) is 0 Å². The van der Waals surface area contributed by atoms with E-state index in [0.717, 1.165) is 0 Å². The van der Waals surface area contributed by atoms with Gasteiger partial charge in [0.2, 0.25) is 0 Å². The molecule has 106 valence electrons. The monoisotopic (exact) mass is 294 g/mol. The molecule has 0 aromatic heterocycles. The molecule has 1 aliphatic heterocycles. The highest BCUT2D eigenvalue weighted by molar-refractivity contribution is 7.80. The Morgan fingerprint density at radius 2 is 2.20 bits per heavy atom. The number of hydrogen-bond donors (Lipinski definition) is 1. The predicted molar refractivity (Wildman–Crippen MR) is 78.3 cm³/mol. The van der Waals surface area contributed by atoms with Crippen LogP contribution in [0, 0.1) is 5.82 Å². The molecule has 0 saturated carbocycles. The Kier molecular flexibility index (Phi) is 4.81. The van der Waals surface area contributed by atoms with Crippen LogP contribution in [0.5, 0.6) is 0 Å². The van der Waals surface area contributed by atoms with Crippen molar-refractivity contribution in [2.75, 3.05) is 20.3 Å². The number of methoxy groups -OCH3 is 1. The van der Waals surface area contributed by atoms with Crippen LogP contribution in [0.25, 0.3) is 6.08 Å². The summed E-state index contributed by atoms with van der Waals surface area (Å²) < 4.78 is 18.5. The molecule has 0 atom stereocenters. The molecule has 0 aliphatic carbocycles. The van der Waals surface area contributed by atoms with Crippen molar-refractivity contribution in [3.63, 3.8) is 0 Å². The highest BCUT2D eigenvalue weighted by Gasteiger charge is 2.30. The lowest BCUT2D eigenvalue weighted by Crippen LogP contribution is -2.32. The van der Waals surface area contributed by atoms with Gasteiger partial charge in [-0.05, 0) is 30.8 Å². The molecule has 0 unspecified atom stereocenters. The number of halogens is 1. The van der Waals surface area contributed by atoms with Gasteiger partial charge < -0.3 is 10.1 Å². The van der Waals surface area contributed by atoms with Crippen molar-refractivity contribution < 1.29 is 13.9 Å². The predicted octanol–water partition coefficient (Wildman–Crippen LogP) is 1.92. The van der Waals surface area contributed by atoms with Gasteiger partial charge in [0.25, 0.3) is 5.91 Å². The molecule has 6 heteroatoms. The van der Waals surface area contributed by atoms with Crippen LogP contribution >= 0.6 is 12.2 Å². The second kappa shape index (κ2) is 6.58.